The summed E-state index contributed by atoms with van der Waals surface area (Å²) in [5.41, 5.74) is 6.61. The summed E-state index contributed by atoms with van der Waals surface area (Å²) in [6.45, 7) is 2.18. The quantitative estimate of drug-likeness (QED) is 0.657. The molecule has 0 aliphatic heterocycles. The monoisotopic (exact) mass is 264 g/mol. The Morgan fingerprint density at radius 2 is 1.68 bits per heavy atom. The molecule has 0 N–H and O–H groups in total. The van der Waals surface area contributed by atoms with E-state index in [9.17, 15) is 0 Å². The van der Waals surface area contributed by atoms with Crippen LogP contribution in [0.15, 0.2) is 59.0 Å². The standard InChI is InChI=1S/C18H16S/c1-13-11-15-5-3-4-6-17(15)18(13)12-14-7-9-16(19-2)10-8-14/h3-12H,1-2H3/b18-12-. The number of thioether (sulfide) groups is 1. The van der Waals surface area contributed by atoms with Crippen molar-refractivity contribution in [3.05, 3.63) is 70.8 Å². The first-order chi connectivity index (χ1) is 9.28. The largest absolute Gasteiger partial charge is 0.130 e. The molecule has 0 aromatic heterocycles. The second-order valence-electron chi connectivity index (χ2n) is 4.75. The van der Waals surface area contributed by atoms with Crippen molar-refractivity contribution >= 4 is 29.5 Å². The van der Waals surface area contributed by atoms with E-state index in [1.807, 2.05) is 0 Å². The number of rotatable bonds is 2. The van der Waals surface area contributed by atoms with Gasteiger partial charge in [-0.25, -0.2) is 0 Å². The van der Waals surface area contributed by atoms with E-state index in [0.29, 0.717) is 0 Å². The van der Waals surface area contributed by atoms with Gasteiger partial charge in [-0.1, -0.05) is 42.5 Å². The summed E-state index contributed by atoms with van der Waals surface area (Å²) in [5, 5.41) is 0. The zero-order valence-corrected chi connectivity index (χ0v) is 12.0. The minimum Gasteiger partial charge on any atom is -0.130 e. The van der Waals surface area contributed by atoms with Crippen molar-refractivity contribution in [2.24, 2.45) is 0 Å². The number of benzene rings is 2. The summed E-state index contributed by atoms with van der Waals surface area (Å²) in [6.07, 6.45) is 6.65. The summed E-state index contributed by atoms with van der Waals surface area (Å²) in [6, 6.07) is 17.3. The Morgan fingerprint density at radius 1 is 0.947 bits per heavy atom. The van der Waals surface area contributed by atoms with Gasteiger partial charge in [-0.15, -0.1) is 11.8 Å². The van der Waals surface area contributed by atoms with Crippen LogP contribution in [0.3, 0.4) is 0 Å². The fourth-order valence-electron chi connectivity index (χ4n) is 2.45. The molecule has 0 nitrogen and oxygen atoms in total. The van der Waals surface area contributed by atoms with E-state index in [-0.39, 0.29) is 0 Å². The van der Waals surface area contributed by atoms with Gasteiger partial charge < -0.3 is 0 Å². The van der Waals surface area contributed by atoms with Gasteiger partial charge in [-0.05, 0) is 59.2 Å². The fraction of sp³-hybridized carbons (Fsp3) is 0.111. The number of hydrogen-bond acceptors (Lipinski definition) is 1. The molecule has 0 heterocycles. The van der Waals surface area contributed by atoms with Gasteiger partial charge in [0.2, 0.25) is 0 Å². The van der Waals surface area contributed by atoms with E-state index >= 15 is 0 Å². The summed E-state index contributed by atoms with van der Waals surface area (Å²) in [4.78, 5) is 1.31. The molecule has 1 heteroatoms. The highest BCUT2D eigenvalue weighted by atomic mass is 32.2. The van der Waals surface area contributed by atoms with Crippen LogP contribution in [-0.4, -0.2) is 6.26 Å². The second-order valence-corrected chi connectivity index (χ2v) is 5.63. The fourth-order valence-corrected chi connectivity index (χ4v) is 2.86. The van der Waals surface area contributed by atoms with Crippen molar-refractivity contribution in [3.63, 3.8) is 0 Å². The van der Waals surface area contributed by atoms with Gasteiger partial charge >= 0.3 is 0 Å². The average Bonchev–Trinajstić information content (AvgIpc) is 2.76. The average molecular weight is 264 g/mol. The van der Waals surface area contributed by atoms with E-state index in [4.69, 9.17) is 0 Å². The van der Waals surface area contributed by atoms with Crippen LogP contribution >= 0.6 is 11.8 Å². The number of fused-ring (bicyclic) bond motifs is 1. The Labute approximate surface area is 118 Å². The second kappa shape index (κ2) is 5.10. The lowest BCUT2D eigenvalue weighted by molar-refractivity contribution is 1.45. The maximum atomic E-state index is 2.28. The molecule has 2 aromatic carbocycles. The summed E-state index contributed by atoms with van der Waals surface area (Å²) < 4.78 is 0. The number of hydrogen-bond donors (Lipinski definition) is 0. The molecule has 2 aromatic rings. The lowest BCUT2D eigenvalue weighted by Crippen LogP contribution is -1.83. The molecule has 0 spiro atoms. The van der Waals surface area contributed by atoms with Gasteiger partial charge in [0, 0.05) is 4.90 Å². The van der Waals surface area contributed by atoms with Crippen molar-refractivity contribution in [2.75, 3.05) is 6.26 Å². The highest BCUT2D eigenvalue weighted by Crippen LogP contribution is 2.36. The predicted molar refractivity (Wildman–Crippen MR) is 86.2 cm³/mol. The maximum Gasteiger partial charge on any atom is 0.00695 e. The molecule has 0 fully saturated rings. The minimum absolute atomic E-state index is 1.26. The van der Waals surface area contributed by atoms with Crippen LogP contribution in [0.4, 0.5) is 0 Å². The molecule has 0 radical (unpaired) electrons. The van der Waals surface area contributed by atoms with Gasteiger partial charge in [0.1, 0.15) is 0 Å². The van der Waals surface area contributed by atoms with Gasteiger partial charge in [0.15, 0.2) is 0 Å². The van der Waals surface area contributed by atoms with Crippen molar-refractivity contribution in [1.82, 2.24) is 0 Å². The van der Waals surface area contributed by atoms with E-state index in [0.717, 1.165) is 0 Å². The van der Waals surface area contributed by atoms with Gasteiger partial charge in [0.25, 0.3) is 0 Å². The lowest BCUT2D eigenvalue weighted by atomic mass is 10.0. The molecule has 94 valence electrons. The first kappa shape index (κ1) is 12.3. The van der Waals surface area contributed by atoms with Crippen LogP contribution in [0.5, 0.6) is 0 Å². The molecular formula is C18H16S. The van der Waals surface area contributed by atoms with Crippen LogP contribution in [-0.2, 0) is 0 Å². The van der Waals surface area contributed by atoms with E-state index in [2.05, 4.69) is 73.9 Å². The highest BCUT2D eigenvalue weighted by molar-refractivity contribution is 7.98. The van der Waals surface area contributed by atoms with Crippen molar-refractivity contribution in [1.29, 1.82) is 0 Å². The predicted octanol–water partition coefficient (Wildman–Crippen LogP) is 5.37. The van der Waals surface area contributed by atoms with Crippen LogP contribution in [0.2, 0.25) is 0 Å². The van der Waals surface area contributed by atoms with E-state index in [1.165, 1.54) is 32.7 Å². The highest BCUT2D eigenvalue weighted by Gasteiger charge is 2.14. The van der Waals surface area contributed by atoms with Gasteiger partial charge in [0.05, 0.1) is 0 Å². The topological polar surface area (TPSA) is 0 Å². The van der Waals surface area contributed by atoms with Gasteiger partial charge in [-0.3, -0.25) is 0 Å². The third kappa shape index (κ3) is 2.39. The zero-order valence-electron chi connectivity index (χ0n) is 11.2. The van der Waals surface area contributed by atoms with Crippen LogP contribution in [0, 0.1) is 0 Å². The van der Waals surface area contributed by atoms with E-state index in [1.54, 1.807) is 11.8 Å². The molecular weight excluding hydrogens is 248 g/mol. The Balaban J connectivity index is 2.02. The maximum absolute atomic E-state index is 2.28. The third-order valence-corrected chi connectivity index (χ3v) is 4.22. The molecule has 0 saturated carbocycles. The van der Waals surface area contributed by atoms with Crippen molar-refractivity contribution in [2.45, 2.75) is 11.8 Å². The van der Waals surface area contributed by atoms with Crippen LogP contribution in [0.25, 0.3) is 17.7 Å². The summed E-state index contributed by atoms with van der Waals surface area (Å²) in [5.74, 6) is 0. The Morgan fingerprint density at radius 3 is 2.42 bits per heavy atom. The molecule has 0 atom stereocenters. The SMILES string of the molecule is CSc1ccc(/C=C2/C(C)=Cc3ccccc32)cc1. The minimum atomic E-state index is 1.26. The summed E-state index contributed by atoms with van der Waals surface area (Å²) >= 11 is 1.78. The molecule has 3 rings (SSSR count). The molecule has 0 unspecified atom stereocenters. The van der Waals surface area contributed by atoms with E-state index < -0.39 is 0 Å². The molecule has 0 bridgehead atoms. The summed E-state index contributed by atoms with van der Waals surface area (Å²) in [7, 11) is 0. The molecule has 0 amide bonds. The first-order valence-electron chi connectivity index (χ1n) is 6.42. The molecule has 0 saturated heterocycles. The third-order valence-electron chi connectivity index (χ3n) is 3.47. The normalized spacial score (nSPS) is 15.5. The molecule has 1 aliphatic carbocycles. The zero-order chi connectivity index (χ0) is 13.2. The number of allylic oxidation sites excluding steroid dienone is 2. The van der Waals surface area contributed by atoms with Crippen molar-refractivity contribution in [3.8, 4) is 0 Å². The Kier molecular flexibility index (Phi) is 3.31. The molecule has 1 aliphatic rings. The van der Waals surface area contributed by atoms with Crippen molar-refractivity contribution < 1.29 is 0 Å². The Bertz CT molecular complexity index is 660. The van der Waals surface area contributed by atoms with Crippen LogP contribution < -0.4 is 0 Å². The van der Waals surface area contributed by atoms with Crippen LogP contribution in [0.1, 0.15) is 23.6 Å². The first-order valence-corrected chi connectivity index (χ1v) is 7.64. The van der Waals surface area contributed by atoms with Gasteiger partial charge in [-0.2, -0.15) is 0 Å². The smallest absolute Gasteiger partial charge is 0.00695 e. The lowest BCUT2D eigenvalue weighted by Gasteiger charge is -2.04. The molecule has 19 heavy (non-hydrogen) atoms. The Hall–Kier alpha value is -1.73.